The van der Waals surface area contributed by atoms with Gasteiger partial charge in [0, 0.05) is 11.6 Å². The molecule has 0 bridgehead atoms. The quantitative estimate of drug-likeness (QED) is 0.910. The molecule has 24 heavy (non-hydrogen) atoms. The Morgan fingerprint density at radius 1 is 1.29 bits per heavy atom. The number of likely N-dealkylation sites (N-methyl/N-ethyl adjacent to an activating group) is 1. The lowest BCUT2D eigenvalue weighted by atomic mass is 10.2. The number of nitrogens with zero attached hydrogens (tertiary/aromatic N) is 3. The zero-order valence-electron chi connectivity index (χ0n) is 14.0. The van der Waals surface area contributed by atoms with Crippen molar-refractivity contribution in [3.8, 4) is 11.8 Å². The largest absolute Gasteiger partial charge is 0.496 e. The van der Waals surface area contributed by atoms with E-state index in [9.17, 15) is 5.26 Å². The van der Waals surface area contributed by atoms with Gasteiger partial charge in [0.15, 0.2) is 0 Å². The first-order valence-corrected chi connectivity index (χ1v) is 7.99. The van der Waals surface area contributed by atoms with E-state index in [-0.39, 0.29) is 0 Å². The Labute approximate surface area is 141 Å². The van der Waals surface area contributed by atoms with Gasteiger partial charge in [-0.1, -0.05) is 18.2 Å². The summed E-state index contributed by atoms with van der Waals surface area (Å²) >= 11 is 0. The van der Waals surface area contributed by atoms with Gasteiger partial charge in [0.05, 0.1) is 40.3 Å². The van der Waals surface area contributed by atoms with Crippen molar-refractivity contribution in [3.05, 3.63) is 41.4 Å². The fraction of sp³-hybridized carbons (Fsp3) is 0.333. The third kappa shape index (κ3) is 3.42. The first-order chi connectivity index (χ1) is 11.7. The van der Waals surface area contributed by atoms with Gasteiger partial charge < -0.3 is 19.0 Å². The second-order valence-electron chi connectivity index (χ2n) is 5.84. The summed E-state index contributed by atoms with van der Waals surface area (Å²) in [4.78, 5) is 7.87. The van der Waals surface area contributed by atoms with E-state index in [2.05, 4.69) is 23.0 Å². The van der Waals surface area contributed by atoms with Crippen molar-refractivity contribution < 1.29 is 14.1 Å². The minimum absolute atomic E-state index is 0.342. The fourth-order valence-electron chi connectivity index (χ4n) is 2.74. The van der Waals surface area contributed by atoms with Crippen LogP contribution in [0.3, 0.4) is 0 Å². The van der Waals surface area contributed by atoms with Gasteiger partial charge in [0.25, 0.3) is 0 Å². The number of aromatic nitrogens is 1. The third-order valence-electron chi connectivity index (χ3n) is 4.18. The van der Waals surface area contributed by atoms with E-state index in [0.717, 1.165) is 37.5 Å². The molecular weight excluding hydrogens is 304 g/mol. The normalized spacial score (nSPS) is 15.6. The second kappa shape index (κ2) is 7.20. The van der Waals surface area contributed by atoms with Gasteiger partial charge in [0.2, 0.25) is 17.5 Å². The molecule has 6 nitrogen and oxygen atoms in total. The van der Waals surface area contributed by atoms with Crippen molar-refractivity contribution in [1.82, 2.24) is 4.98 Å². The molecule has 1 aromatic heterocycles. The molecule has 1 aromatic carbocycles. The van der Waals surface area contributed by atoms with Crippen LogP contribution in [0.1, 0.15) is 17.1 Å². The first-order valence-electron chi connectivity index (χ1n) is 7.99. The maximum atomic E-state index is 9.33. The van der Waals surface area contributed by atoms with Crippen LogP contribution >= 0.6 is 0 Å². The van der Waals surface area contributed by atoms with Gasteiger partial charge in [-0.05, 0) is 12.1 Å². The molecule has 0 saturated carbocycles. The molecule has 0 radical (unpaired) electrons. The highest BCUT2D eigenvalue weighted by molar-refractivity contribution is 5.70. The monoisotopic (exact) mass is 325 g/mol. The highest BCUT2D eigenvalue weighted by Crippen LogP contribution is 2.24. The molecule has 1 N–H and O–H groups in total. The van der Waals surface area contributed by atoms with Crippen LogP contribution in [0.25, 0.3) is 12.2 Å². The van der Waals surface area contributed by atoms with Gasteiger partial charge in [-0.15, -0.1) is 0 Å². The minimum atomic E-state index is 0.342. The standard InChI is InChI=1S/C18H20N4O2/c1-21-9-11-22(12-10-21)18-15(13-19)20-17(24-18)8-7-14-5-3-4-6-16(14)23-2/h3-8H,9-12H2,1-2H3/p+1/b8-7+. The average Bonchev–Trinajstić information content (AvgIpc) is 3.04. The fourth-order valence-corrected chi connectivity index (χ4v) is 2.74. The van der Waals surface area contributed by atoms with Crippen molar-refractivity contribution in [2.45, 2.75) is 0 Å². The maximum absolute atomic E-state index is 9.33. The molecule has 0 amide bonds. The lowest BCUT2D eigenvalue weighted by molar-refractivity contribution is -0.880. The number of quaternary nitrogens is 1. The summed E-state index contributed by atoms with van der Waals surface area (Å²) in [5, 5.41) is 9.33. The highest BCUT2D eigenvalue weighted by Gasteiger charge is 2.23. The number of nitriles is 1. The van der Waals surface area contributed by atoms with Crippen LogP contribution in [-0.4, -0.2) is 45.3 Å². The molecule has 1 aliphatic rings. The summed E-state index contributed by atoms with van der Waals surface area (Å²) < 4.78 is 11.2. The molecule has 0 aliphatic carbocycles. The number of anilines is 1. The Balaban J connectivity index is 1.82. The van der Waals surface area contributed by atoms with E-state index in [1.165, 1.54) is 4.90 Å². The van der Waals surface area contributed by atoms with Crippen molar-refractivity contribution in [1.29, 1.82) is 5.26 Å². The van der Waals surface area contributed by atoms with Gasteiger partial charge in [-0.25, -0.2) is 0 Å². The number of hydrogen-bond acceptors (Lipinski definition) is 5. The van der Waals surface area contributed by atoms with Crippen LogP contribution < -0.4 is 14.5 Å². The summed E-state index contributed by atoms with van der Waals surface area (Å²) in [6, 6.07) is 9.84. The molecule has 6 heteroatoms. The molecule has 2 heterocycles. The lowest BCUT2D eigenvalue weighted by Gasteiger charge is -2.29. The Morgan fingerprint density at radius 3 is 2.75 bits per heavy atom. The summed E-state index contributed by atoms with van der Waals surface area (Å²) in [6.07, 6.45) is 3.65. The Kier molecular flexibility index (Phi) is 4.82. The number of para-hydroxylation sites is 1. The number of oxazole rings is 1. The number of piperazine rings is 1. The molecule has 0 unspecified atom stereocenters. The van der Waals surface area contributed by atoms with Crippen LogP contribution in [0, 0.1) is 11.3 Å². The predicted molar refractivity (Wildman–Crippen MR) is 92.0 cm³/mol. The summed E-state index contributed by atoms with van der Waals surface area (Å²) in [5.41, 5.74) is 1.27. The summed E-state index contributed by atoms with van der Waals surface area (Å²) in [5.74, 6) is 1.78. The number of benzene rings is 1. The molecule has 0 atom stereocenters. The van der Waals surface area contributed by atoms with Crippen molar-refractivity contribution >= 4 is 18.0 Å². The third-order valence-corrected chi connectivity index (χ3v) is 4.18. The summed E-state index contributed by atoms with van der Waals surface area (Å²) in [6.45, 7) is 3.78. The zero-order valence-corrected chi connectivity index (χ0v) is 14.0. The van der Waals surface area contributed by atoms with Crippen molar-refractivity contribution in [2.75, 3.05) is 45.2 Å². The molecular formula is C18H21N4O2+. The Bertz CT molecular complexity index is 768. The highest BCUT2D eigenvalue weighted by atomic mass is 16.5. The average molecular weight is 325 g/mol. The minimum Gasteiger partial charge on any atom is -0.496 e. The number of rotatable bonds is 4. The second-order valence-corrected chi connectivity index (χ2v) is 5.84. The van der Waals surface area contributed by atoms with Gasteiger partial charge in [-0.3, -0.25) is 0 Å². The zero-order chi connectivity index (χ0) is 16.9. The molecule has 1 saturated heterocycles. The number of nitrogens with one attached hydrogen (secondary N) is 1. The number of methoxy groups -OCH3 is 1. The topological polar surface area (TPSA) is 66.7 Å². The van der Waals surface area contributed by atoms with Crippen molar-refractivity contribution in [2.24, 2.45) is 0 Å². The first kappa shape index (κ1) is 16.1. The van der Waals surface area contributed by atoms with E-state index in [4.69, 9.17) is 9.15 Å². The predicted octanol–water partition coefficient (Wildman–Crippen LogP) is 1.06. The lowest BCUT2D eigenvalue weighted by Crippen LogP contribution is -3.12. The molecule has 2 aromatic rings. The molecule has 124 valence electrons. The van der Waals surface area contributed by atoms with E-state index in [1.807, 2.05) is 30.3 Å². The number of ether oxygens (including phenoxy) is 1. The van der Waals surface area contributed by atoms with E-state index in [1.54, 1.807) is 13.2 Å². The summed E-state index contributed by atoms with van der Waals surface area (Å²) in [7, 11) is 3.81. The van der Waals surface area contributed by atoms with Gasteiger partial charge in [-0.2, -0.15) is 10.2 Å². The van der Waals surface area contributed by atoms with Crippen LogP contribution in [-0.2, 0) is 0 Å². The SMILES string of the molecule is COc1ccccc1/C=C/c1nc(C#N)c(N2CC[NH+](C)CC2)o1. The molecule has 1 aliphatic heterocycles. The molecule has 0 spiro atoms. The maximum Gasteiger partial charge on any atom is 0.235 e. The smallest absolute Gasteiger partial charge is 0.235 e. The van der Waals surface area contributed by atoms with Crippen LogP contribution in [0.5, 0.6) is 5.75 Å². The van der Waals surface area contributed by atoms with E-state index in [0.29, 0.717) is 17.5 Å². The van der Waals surface area contributed by atoms with E-state index >= 15 is 0 Å². The molecule has 3 rings (SSSR count). The van der Waals surface area contributed by atoms with Crippen LogP contribution in [0.4, 0.5) is 5.88 Å². The molecule has 1 fully saturated rings. The number of hydrogen-bond donors (Lipinski definition) is 1. The van der Waals surface area contributed by atoms with Crippen molar-refractivity contribution in [3.63, 3.8) is 0 Å². The Hall–Kier alpha value is -2.78. The Morgan fingerprint density at radius 2 is 2.04 bits per heavy atom. The van der Waals surface area contributed by atoms with Crippen LogP contribution in [0.2, 0.25) is 0 Å². The van der Waals surface area contributed by atoms with E-state index < -0.39 is 0 Å². The van der Waals surface area contributed by atoms with Gasteiger partial charge in [0.1, 0.15) is 11.8 Å². The van der Waals surface area contributed by atoms with Gasteiger partial charge >= 0.3 is 0 Å². The van der Waals surface area contributed by atoms with Crippen LogP contribution in [0.15, 0.2) is 28.7 Å².